The molecule has 6 heterocycles. The van der Waals surface area contributed by atoms with Crippen molar-refractivity contribution >= 4 is 11.9 Å². The molecular weight excluding hydrogens is 565 g/mol. The molecule has 4 bridgehead atoms. The Morgan fingerprint density at radius 3 is 2.74 bits per heavy atom. The number of aromatic nitrogens is 2. The van der Waals surface area contributed by atoms with Crippen LogP contribution in [0.25, 0.3) is 0 Å². The number of hydrogen-bond donors (Lipinski definition) is 3. The van der Waals surface area contributed by atoms with E-state index in [1.165, 1.54) is 19.3 Å². The normalized spacial score (nSPS) is 37.1. The lowest BCUT2D eigenvalue weighted by atomic mass is 9.90. The van der Waals surface area contributed by atoms with E-state index in [2.05, 4.69) is 39.2 Å². The van der Waals surface area contributed by atoms with Crippen LogP contribution in [0.4, 0.5) is 13.2 Å². The number of nitrogens with zero attached hydrogens (tertiary/aromatic N) is 3. The van der Waals surface area contributed by atoms with Gasteiger partial charge in [-0.1, -0.05) is 18.4 Å². The number of ether oxygens (including phenoxy) is 2. The molecule has 5 saturated heterocycles. The van der Waals surface area contributed by atoms with Gasteiger partial charge in [0.05, 0.1) is 18.2 Å². The van der Waals surface area contributed by atoms with Crippen molar-refractivity contribution in [1.29, 1.82) is 0 Å². The lowest BCUT2D eigenvalue weighted by Gasteiger charge is -2.47. The van der Waals surface area contributed by atoms with Gasteiger partial charge in [-0.3, -0.25) is 24.9 Å². The highest BCUT2D eigenvalue weighted by atomic mass is 32.2. The Hall–Kier alpha value is -1.05. The second-order valence-electron chi connectivity index (χ2n) is 13.9. The van der Waals surface area contributed by atoms with Gasteiger partial charge in [0.25, 0.3) is 0 Å². The number of nitrogens with one attached hydrogen (secondary N) is 3. The number of piperidine rings is 2. The maximum absolute atomic E-state index is 13.3. The molecule has 1 saturated carbocycles. The van der Waals surface area contributed by atoms with Crippen molar-refractivity contribution < 1.29 is 22.6 Å². The predicted molar refractivity (Wildman–Crippen MR) is 158 cm³/mol. The summed E-state index contributed by atoms with van der Waals surface area (Å²) in [6.07, 6.45) is 7.54. The van der Waals surface area contributed by atoms with E-state index < -0.39 is 11.6 Å². The Bertz CT molecular complexity index is 1030. The Morgan fingerprint density at radius 2 is 1.98 bits per heavy atom. The number of hydrogen-bond acceptors (Lipinski definition) is 8. The van der Waals surface area contributed by atoms with Crippen LogP contribution >= 0.6 is 11.9 Å². The van der Waals surface area contributed by atoms with E-state index in [0.717, 1.165) is 58.3 Å². The maximum atomic E-state index is 13.3. The molecule has 7 unspecified atom stereocenters. The van der Waals surface area contributed by atoms with Crippen LogP contribution < -0.4 is 20.1 Å². The number of alkyl halides is 3. The molecule has 1 aliphatic carbocycles. The summed E-state index contributed by atoms with van der Waals surface area (Å²) in [6, 6.07) is 1.78. The summed E-state index contributed by atoms with van der Waals surface area (Å²) in [5, 5.41) is 12.7. The summed E-state index contributed by atoms with van der Waals surface area (Å²) < 4.78 is 57.4. The number of rotatable bonds is 5. The molecule has 1 aromatic heterocycles. The minimum atomic E-state index is -4.15. The summed E-state index contributed by atoms with van der Waals surface area (Å²) in [5.74, 6) is 1.53. The molecule has 0 amide bonds. The molecule has 1 aromatic rings. The van der Waals surface area contributed by atoms with Crippen molar-refractivity contribution in [3.63, 3.8) is 0 Å². The lowest BCUT2D eigenvalue weighted by molar-refractivity contribution is -0.190. The second kappa shape index (κ2) is 12.7. The Balaban J connectivity index is 1.11. The maximum Gasteiger partial charge on any atom is 0.394 e. The first kappa shape index (κ1) is 31.0. The standard InChI is InChI=1S/C30H49F3N6O2S/c1-28(2)17-21-5-3-4-15-40-25-9-7-23(19-34-25)42-35-18-22-6-8-24(36-27(22)38(28)20-21)39-14-10-26(37-39)41-16-13-29(11-12-29)30(31,32)33/h10,14,21-25,27,34-36H,3-9,11-13,15-20H2,1-2H3. The average molecular weight is 615 g/mol. The molecule has 42 heavy (non-hydrogen) atoms. The zero-order valence-corrected chi connectivity index (χ0v) is 25.9. The predicted octanol–water partition coefficient (Wildman–Crippen LogP) is 5.44. The summed E-state index contributed by atoms with van der Waals surface area (Å²) in [7, 11) is 0. The zero-order valence-electron chi connectivity index (χ0n) is 25.1. The first-order valence-electron chi connectivity index (χ1n) is 16.1. The Labute approximate surface area is 252 Å². The van der Waals surface area contributed by atoms with Gasteiger partial charge in [0, 0.05) is 55.2 Å². The number of fused-ring (bicyclic) bond motifs is 8. The van der Waals surface area contributed by atoms with Crippen LogP contribution in [0, 0.1) is 17.3 Å². The van der Waals surface area contributed by atoms with Crippen LogP contribution in [0.15, 0.2) is 12.3 Å². The molecule has 0 aromatic carbocycles. The smallest absolute Gasteiger partial charge is 0.394 e. The van der Waals surface area contributed by atoms with E-state index in [4.69, 9.17) is 9.47 Å². The molecule has 8 nitrogen and oxygen atoms in total. The number of halogens is 3. The van der Waals surface area contributed by atoms with Crippen molar-refractivity contribution in [3.05, 3.63) is 12.3 Å². The highest BCUT2D eigenvalue weighted by Gasteiger charge is 2.62. The molecule has 0 spiro atoms. The van der Waals surface area contributed by atoms with Gasteiger partial charge in [-0.2, -0.15) is 13.2 Å². The zero-order chi connectivity index (χ0) is 29.4. The minimum Gasteiger partial charge on any atom is -0.477 e. The Morgan fingerprint density at radius 1 is 1.12 bits per heavy atom. The molecule has 7 atom stereocenters. The summed E-state index contributed by atoms with van der Waals surface area (Å²) in [5.41, 5.74) is -1.45. The van der Waals surface area contributed by atoms with E-state index in [-0.39, 0.29) is 50.0 Å². The van der Waals surface area contributed by atoms with Gasteiger partial charge >= 0.3 is 6.18 Å². The third-order valence-electron chi connectivity index (χ3n) is 10.4. The fraction of sp³-hybridized carbons (Fsp3) is 0.900. The van der Waals surface area contributed by atoms with Gasteiger partial charge in [0.1, 0.15) is 12.4 Å². The first-order valence-corrected chi connectivity index (χ1v) is 17.0. The average Bonchev–Trinajstić information content (AvgIpc) is 3.50. The van der Waals surface area contributed by atoms with Crippen molar-refractivity contribution in [2.75, 3.05) is 32.8 Å². The third-order valence-corrected chi connectivity index (χ3v) is 11.5. The van der Waals surface area contributed by atoms with Crippen LogP contribution in [-0.4, -0.2) is 76.9 Å². The van der Waals surface area contributed by atoms with E-state index in [0.29, 0.717) is 23.0 Å². The molecule has 7 rings (SSSR count). The first-order chi connectivity index (χ1) is 20.1. The van der Waals surface area contributed by atoms with Gasteiger partial charge in [0.2, 0.25) is 5.88 Å². The van der Waals surface area contributed by atoms with E-state index in [1.54, 1.807) is 6.07 Å². The summed E-state index contributed by atoms with van der Waals surface area (Å²) >= 11 is 1.87. The molecule has 6 fully saturated rings. The lowest BCUT2D eigenvalue weighted by Crippen LogP contribution is -2.60. The second-order valence-corrected chi connectivity index (χ2v) is 15.1. The molecule has 12 heteroatoms. The van der Waals surface area contributed by atoms with Gasteiger partial charge in [0.15, 0.2) is 0 Å². The van der Waals surface area contributed by atoms with Gasteiger partial charge in [-0.25, -0.2) is 0 Å². The fourth-order valence-electron chi connectivity index (χ4n) is 7.64. The fourth-order valence-corrected chi connectivity index (χ4v) is 8.62. The van der Waals surface area contributed by atoms with Crippen LogP contribution in [-0.2, 0) is 4.74 Å². The highest BCUT2D eigenvalue weighted by molar-refractivity contribution is 7.98. The molecule has 3 N–H and O–H groups in total. The molecule has 238 valence electrons. The molecule has 0 radical (unpaired) electrons. The van der Waals surface area contributed by atoms with Crippen molar-refractivity contribution in [2.45, 2.75) is 120 Å². The quantitative estimate of drug-likeness (QED) is 0.379. The van der Waals surface area contributed by atoms with Crippen LogP contribution in [0.1, 0.15) is 90.6 Å². The topological polar surface area (TPSA) is 75.6 Å². The van der Waals surface area contributed by atoms with Crippen molar-refractivity contribution in [2.24, 2.45) is 17.3 Å². The van der Waals surface area contributed by atoms with Crippen LogP contribution in [0.5, 0.6) is 5.88 Å². The van der Waals surface area contributed by atoms with Gasteiger partial charge in [-0.05, 0) is 84.0 Å². The largest absolute Gasteiger partial charge is 0.477 e. The molecular formula is C30H49F3N6O2S. The van der Waals surface area contributed by atoms with Crippen molar-refractivity contribution in [1.82, 2.24) is 30.0 Å². The van der Waals surface area contributed by atoms with Gasteiger partial charge in [-0.15, -0.1) is 5.10 Å². The third kappa shape index (κ3) is 7.09. The van der Waals surface area contributed by atoms with E-state index >= 15 is 0 Å². The summed E-state index contributed by atoms with van der Waals surface area (Å²) in [6.45, 7) is 8.64. The monoisotopic (exact) mass is 614 g/mol. The van der Waals surface area contributed by atoms with Gasteiger partial charge < -0.3 is 9.47 Å². The summed E-state index contributed by atoms with van der Waals surface area (Å²) in [4.78, 5) is 2.70. The molecule has 6 aliphatic rings. The van der Waals surface area contributed by atoms with E-state index in [1.807, 2.05) is 22.8 Å². The SMILES string of the molecule is CC1(C)CC2CCCCOC3CCC(CN3)SNCC3CCC(n4ccc(OCCC5(C(F)(F)F)CC5)n4)NC3N1C2. The van der Waals surface area contributed by atoms with Crippen LogP contribution in [0.3, 0.4) is 0 Å². The Kier molecular flexibility index (Phi) is 9.40. The minimum absolute atomic E-state index is 0.00443. The van der Waals surface area contributed by atoms with Crippen LogP contribution in [0.2, 0.25) is 0 Å². The van der Waals surface area contributed by atoms with E-state index in [9.17, 15) is 13.2 Å². The van der Waals surface area contributed by atoms with Crippen molar-refractivity contribution in [3.8, 4) is 5.88 Å². The highest BCUT2D eigenvalue weighted by Crippen LogP contribution is 2.59. The molecule has 5 aliphatic heterocycles.